The van der Waals surface area contributed by atoms with E-state index >= 15 is 0 Å². The van der Waals surface area contributed by atoms with Crippen LogP contribution >= 0.6 is 12.4 Å². The molecule has 0 bridgehead atoms. The fourth-order valence-corrected chi connectivity index (χ4v) is 3.65. The van der Waals surface area contributed by atoms with Gasteiger partial charge in [-0.15, -0.1) is 12.4 Å². The highest BCUT2D eigenvalue weighted by Gasteiger charge is 2.58. The summed E-state index contributed by atoms with van der Waals surface area (Å²) in [6.07, 6.45) is 2.98. The summed E-state index contributed by atoms with van der Waals surface area (Å²) in [6.45, 7) is 3.66. The molecule has 2 fully saturated rings. The molecule has 1 aliphatic carbocycles. The van der Waals surface area contributed by atoms with Gasteiger partial charge in [-0.2, -0.15) is 0 Å². The van der Waals surface area contributed by atoms with E-state index in [1.807, 2.05) is 0 Å². The van der Waals surface area contributed by atoms with Crippen molar-refractivity contribution in [3.8, 4) is 0 Å². The van der Waals surface area contributed by atoms with Crippen LogP contribution in [0.15, 0.2) is 18.2 Å². The van der Waals surface area contributed by atoms with Crippen molar-refractivity contribution in [1.82, 2.24) is 10.2 Å². The lowest BCUT2D eigenvalue weighted by atomic mass is 9.91. The second kappa shape index (κ2) is 6.73. The van der Waals surface area contributed by atoms with Crippen molar-refractivity contribution in [3.63, 3.8) is 0 Å². The number of amides is 1. The number of hydrogen-bond donors (Lipinski definition) is 1. The molecule has 1 aromatic carbocycles. The van der Waals surface area contributed by atoms with Crippen LogP contribution in [-0.2, 0) is 4.79 Å². The maximum absolute atomic E-state index is 13.9. The topological polar surface area (TPSA) is 32.3 Å². The Kier molecular flexibility index (Phi) is 5.31. The minimum absolute atomic E-state index is 0. The molecular formula is C17H23ClF2N2O. The van der Waals surface area contributed by atoms with Gasteiger partial charge in [0.05, 0.1) is 6.04 Å². The third kappa shape index (κ3) is 3.36. The average Bonchev–Trinajstić information content (AvgIpc) is 3.21. The van der Waals surface area contributed by atoms with Crippen LogP contribution in [0.4, 0.5) is 8.78 Å². The Morgan fingerprint density at radius 2 is 2.00 bits per heavy atom. The summed E-state index contributed by atoms with van der Waals surface area (Å²) in [6, 6.07) is 2.92. The van der Waals surface area contributed by atoms with Gasteiger partial charge in [0.2, 0.25) is 5.91 Å². The van der Waals surface area contributed by atoms with Gasteiger partial charge in [0.15, 0.2) is 0 Å². The average molecular weight is 345 g/mol. The zero-order valence-electron chi connectivity index (χ0n) is 13.4. The van der Waals surface area contributed by atoms with Crippen LogP contribution in [0.3, 0.4) is 0 Å². The first-order valence-corrected chi connectivity index (χ1v) is 7.87. The number of nitrogens with one attached hydrogen (secondary N) is 1. The van der Waals surface area contributed by atoms with Crippen molar-refractivity contribution >= 4 is 18.3 Å². The zero-order chi connectivity index (χ0) is 15.9. The normalized spacial score (nSPS) is 23.0. The first-order chi connectivity index (χ1) is 10.4. The van der Waals surface area contributed by atoms with Gasteiger partial charge in [-0.05, 0) is 62.9 Å². The van der Waals surface area contributed by atoms with Gasteiger partial charge in [0.25, 0.3) is 0 Å². The maximum Gasteiger partial charge on any atom is 0.226 e. The molecule has 6 heteroatoms. The molecule has 1 spiro atoms. The second-order valence-electron chi connectivity index (χ2n) is 6.66. The van der Waals surface area contributed by atoms with Gasteiger partial charge in [0.1, 0.15) is 11.6 Å². The minimum Gasteiger partial charge on any atom is -0.339 e. The van der Waals surface area contributed by atoms with Crippen molar-refractivity contribution in [2.75, 3.05) is 20.1 Å². The molecule has 2 aliphatic rings. The van der Waals surface area contributed by atoms with Gasteiger partial charge in [0, 0.05) is 18.5 Å². The predicted molar refractivity (Wildman–Crippen MR) is 87.4 cm³/mol. The number of carbonyl (C=O) groups excluding carboxylic acids is 1. The van der Waals surface area contributed by atoms with Crippen LogP contribution in [0.2, 0.25) is 0 Å². The first kappa shape index (κ1) is 18.1. The third-order valence-electron chi connectivity index (χ3n) is 5.42. The Hall–Kier alpha value is -1.20. The Bertz CT molecular complexity index is 590. The van der Waals surface area contributed by atoms with Crippen LogP contribution in [0, 0.1) is 23.0 Å². The summed E-state index contributed by atoms with van der Waals surface area (Å²) in [7, 11) is 1.68. The summed E-state index contributed by atoms with van der Waals surface area (Å²) >= 11 is 0. The molecule has 128 valence electrons. The Morgan fingerprint density at radius 3 is 2.65 bits per heavy atom. The summed E-state index contributed by atoms with van der Waals surface area (Å²) in [5.41, 5.74) is 0.382. The van der Waals surface area contributed by atoms with E-state index in [4.69, 9.17) is 0 Å². The molecular weight excluding hydrogens is 322 g/mol. The molecule has 1 heterocycles. The van der Waals surface area contributed by atoms with E-state index in [1.54, 1.807) is 18.9 Å². The van der Waals surface area contributed by atoms with Crippen LogP contribution in [0.1, 0.15) is 37.8 Å². The Morgan fingerprint density at radius 1 is 1.35 bits per heavy atom. The SMILES string of the molecule is CC(c1cc(F)ccc1F)N(C)C(=O)C1CC12CCNCC2.Cl. The van der Waals surface area contributed by atoms with E-state index in [2.05, 4.69) is 5.32 Å². The number of rotatable bonds is 3. The Labute approximate surface area is 141 Å². The summed E-state index contributed by atoms with van der Waals surface area (Å²) < 4.78 is 27.2. The van der Waals surface area contributed by atoms with Gasteiger partial charge >= 0.3 is 0 Å². The number of carbonyl (C=O) groups is 1. The fourth-order valence-electron chi connectivity index (χ4n) is 3.65. The van der Waals surface area contributed by atoms with E-state index in [0.29, 0.717) is 0 Å². The summed E-state index contributed by atoms with van der Waals surface area (Å²) in [5, 5.41) is 3.32. The van der Waals surface area contributed by atoms with Gasteiger partial charge in [-0.1, -0.05) is 0 Å². The summed E-state index contributed by atoms with van der Waals surface area (Å²) in [5.74, 6) is -0.858. The highest BCUT2D eigenvalue weighted by molar-refractivity contribution is 5.85. The van der Waals surface area contributed by atoms with Gasteiger partial charge < -0.3 is 10.2 Å². The van der Waals surface area contributed by atoms with Crippen molar-refractivity contribution in [1.29, 1.82) is 0 Å². The van der Waals surface area contributed by atoms with E-state index in [0.717, 1.165) is 44.5 Å². The standard InChI is InChI=1S/C17H22F2N2O.ClH/c1-11(13-9-12(18)3-4-15(13)19)21(2)16(22)14-10-17(14)5-7-20-8-6-17;/h3-4,9,11,14,20H,5-8,10H2,1-2H3;1H. The van der Waals surface area contributed by atoms with E-state index in [1.165, 1.54) is 6.07 Å². The lowest BCUT2D eigenvalue weighted by molar-refractivity contribution is -0.134. The molecule has 23 heavy (non-hydrogen) atoms. The number of piperidine rings is 1. The highest BCUT2D eigenvalue weighted by Crippen LogP contribution is 2.59. The van der Waals surface area contributed by atoms with Crippen molar-refractivity contribution in [2.24, 2.45) is 11.3 Å². The van der Waals surface area contributed by atoms with Crippen LogP contribution < -0.4 is 5.32 Å². The molecule has 1 N–H and O–H groups in total. The molecule has 2 unspecified atom stereocenters. The number of benzene rings is 1. The van der Waals surface area contributed by atoms with E-state index in [9.17, 15) is 13.6 Å². The Balaban J connectivity index is 0.00000192. The molecule has 1 amide bonds. The molecule has 1 aliphatic heterocycles. The number of nitrogens with zero attached hydrogens (tertiary/aromatic N) is 1. The molecule has 1 saturated heterocycles. The minimum atomic E-state index is -0.481. The molecule has 3 nitrogen and oxygen atoms in total. The van der Waals surface area contributed by atoms with Crippen LogP contribution in [-0.4, -0.2) is 30.9 Å². The monoisotopic (exact) mass is 344 g/mol. The lowest BCUT2D eigenvalue weighted by Gasteiger charge is -2.28. The first-order valence-electron chi connectivity index (χ1n) is 7.87. The predicted octanol–water partition coefficient (Wildman–Crippen LogP) is 3.30. The van der Waals surface area contributed by atoms with Crippen molar-refractivity contribution in [3.05, 3.63) is 35.4 Å². The van der Waals surface area contributed by atoms with Crippen LogP contribution in [0.5, 0.6) is 0 Å². The van der Waals surface area contributed by atoms with Crippen molar-refractivity contribution < 1.29 is 13.6 Å². The van der Waals surface area contributed by atoms with E-state index < -0.39 is 17.7 Å². The maximum atomic E-state index is 13.9. The zero-order valence-corrected chi connectivity index (χ0v) is 14.3. The molecule has 2 atom stereocenters. The second-order valence-corrected chi connectivity index (χ2v) is 6.66. The molecule has 3 rings (SSSR count). The molecule has 1 saturated carbocycles. The number of hydrogen-bond acceptors (Lipinski definition) is 2. The van der Waals surface area contributed by atoms with E-state index in [-0.39, 0.29) is 35.2 Å². The third-order valence-corrected chi connectivity index (χ3v) is 5.42. The largest absolute Gasteiger partial charge is 0.339 e. The summed E-state index contributed by atoms with van der Waals surface area (Å²) in [4.78, 5) is 14.2. The van der Waals surface area contributed by atoms with Gasteiger partial charge in [-0.25, -0.2) is 8.78 Å². The van der Waals surface area contributed by atoms with Gasteiger partial charge in [-0.3, -0.25) is 4.79 Å². The smallest absolute Gasteiger partial charge is 0.226 e. The van der Waals surface area contributed by atoms with Crippen LogP contribution in [0.25, 0.3) is 0 Å². The fraction of sp³-hybridized carbons (Fsp3) is 0.588. The lowest BCUT2D eigenvalue weighted by Crippen LogP contribution is -2.36. The molecule has 0 aromatic heterocycles. The molecule has 0 radical (unpaired) electrons. The molecule has 1 aromatic rings. The van der Waals surface area contributed by atoms with Crippen molar-refractivity contribution in [2.45, 2.75) is 32.2 Å². The highest BCUT2D eigenvalue weighted by atomic mass is 35.5. The quantitative estimate of drug-likeness (QED) is 0.912. The number of halogens is 3.